The molecule has 0 aliphatic rings. The first-order valence-corrected chi connectivity index (χ1v) is 13.6. The third kappa shape index (κ3) is 8.79. The van der Waals surface area contributed by atoms with E-state index in [0.29, 0.717) is 35.2 Å². The fourth-order valence-electron chi connectivity index (χ4n) is 4.07. The Hall–Kier alpha value is -3.58. The van der Waals surface area contributed by atoms with Crippen molar-refractivity contribution in [3.63, 3.8) is 0 Å². The molecule has 0 aliphatic carbocycles. The molecule has 4 nitrogen and oxygen atoms in total. The molecule has 3 rings (SSSR count). The number of aryl methyl sites for hydroxylation is 1. The minimum atomic E-state index is -0.367. The van der Waals surface area contributed by atoms with Gasteiger partial charge in [0, 0.05) is 0 Å². The highest BCUT2D eigenvalue weighted by Gasteiger charge is 2.11. The largest absolute Gasteiger partial charge is 0.492 e. The SMILES string of the molecule is CCCCCCCCc1ccc(C(=O)Oc2ccc(-c3ccc(OCC(C)CC)c(C#N)c3)cc2)cc1. The molecule has 37 heavy (non-hydrogen) atoms. The molecule has 1 atom stereocenters. The van der Waals surface area contributed by atoms with Crippen molar-refractivity contribution in [3.8, 4) is 28.7 Å². The van der Waals surface area contributed by atoms with Crippen LogP contribution >= 0.6 is 0 Å². The molecule has 4 heteroatoms. The molecule has 0 spiro atoms. The van der Waals surface area contributed by atoms with Gasteiger partial charge in [0.1, 0.15) is 17.6 Å². The van der Waals surface area contributed by atoms with Gasteiger partial charge in [-0.15, -0.1) is 0 Å². The molecule has 0 saturated heterocycles. The fourth-order valence-corrected chi connectivity index (χ4v) is 4.07. The van der Waals surface area contributed by atoms with Crippen LogP contribution in [0.4, 0.5) is 0 Å². The van der Waals surface area contributed by atoms with Crippen LogP contribution in [0.1, 0.15) is 87.2 Å². The Balaban J connectivity index is 1.55. The number of ether oxygens (including phenoxy) is 2. The molecule has 0 aliphatic heterocycles. The number of rotatable bonds is 14. The Morgan fingerprint density at radius 2 is 1.54 bits per heavy atom. The molecule has 0 saturated carbocycles. The first-order valence-electron chi connectivity index (χ1n) is 13.6. The van der Waals surface area contributed by atoms with Crippen LogP contribution in [0.15, 0.2) is 66.7 Å². The average Bonchev–Trinajstić information content (AvgIpc) is 2.94. The molecule has 0 radical (unpaired) electrons. The molecule has 3 aromatic carbocycles. The summed E-state index contributed by atoms with van der Waals surface area (Å²) in [5, 5.41) is 9.58. The van der Waals surface area contributed by atoms with E-state index in [0.717, 1.165) is 24.0 Å². The van der Waals surface area contributed by atoms with Crippen molar-refractivity contribution < 1.29 is 14.3 Å². The van der Waals surface area contributed by atoms with Gasteiger partial charge in [0.15, 0.2) is 0 Å². The molecular weight excluding hydrogens is 458 g/mol. The second kappa shape index (κ2) is 14.9. The number of benzene rings is 3. The molecule has 0 heterocycles. The van der Waals surface area contributed by atoms with Crippen LogP contribution in [0.3, 0.4) is 0 Å². The summed E-state index contributed by atoms with van der Waals surface area (Å²) in [6.07, 6.45) is 9.73. The lowest BCUT2D eigenvalue weighted by atomic mass is 10.0. The normalized spacial score (nSPS) is 11.5. The maximum atomic E-state index is 12.6. The second-order valence-corrected chi connectivity index (χ2v) is 9.78. The van der Waals surface area contributed by atoms with Gasteiger partial charge in [-0.05, 0) is 71.8 Å². The van der Waals surface area contributed by atoms with Crippen molar-refractivity contribution >= 4 is 5.97 Å². The number of carbonyl (C=O) groups excluding carboxylic acids is 1. The monoisotopic (exact) mass is 497 g/mol. The Labute approximate surface area is 222 Å². The quantitative estimate of drug-likeness (QED) is 0.127. The highest BCUT2D eigenvalue weighted by Crippen LogP contribution is 2.28. The van der Waals surface area contributed by atoms with E-state index >= 15 is 0 Å². The van der Waals surface area contributed by atoms with Gasteiger partial charge in [0.25, 0.3) is 0 Å². The standard InChI is InChI=1S/C33H39NO3/c1-4-6-7-8-9-10-11-26-12-14-28(15-13-26)33(35)37-31-19-16-27(17-20-31)29-18-21-32(30(22-29)23-34)36-24-25(3)5-2/h12-22,25H,4-11,24H2,1-3H3. The van der Waals surface area contributed by atoms with E-state index in [-0.39, 0.29) is 5.97 Å². The summed E-state index contributed by atoms with van der Waals surface area (Å²) in [6.45, 7) is 7.07. The predicted octanol–water partition coefficient (Wildman–Crippen LogP) is 8.77. The van der Waals surface area contributed by atoms with E-state index in [1.54, 1.807) is 12.1 Å². The van der Waals surface area contributed by atoms with Crippen LogP contribution in [0, 0.1) is 17.2 Å². The summed E-state index contributed by atoms with van der Waals surface area (Å²) >= 11 is 0. The third-order valence-corrected chi connectivity index (χ3v) is 6.73. The van der Waals surface area contributed by atoms with Crippen LogP contribution < -0.4 is 9.47 Å². The van der Waals surface area contributed by atoms with Gasteiger partial charge in [-0.25, -0.2) is 4.79 Å². The second-order valence-electron chi connectivity index (χ2n) is 9.78. The minimum Gasteiger partial charge on any atom is -0.492 e. The zero-order valence-corrected chi connectivity index (χ0v) is 22.5. The van der Waals surface area contributed by atoms with Crippen LogP contribution in [0.5, 0.6) is 11.5 Å². The summed E-state index contributed by atoms with van der Waals surface area (Å²) in [5.41, 5.74) is 4.15. The predicted molar refractivity (Wildman–Crippen MR) is 150 cm³/mol. The molecule has 0 fully saturated rings. The molecule has 0 N–H and O–H groups in total. The summed E-state index contributed by atoms with van der Waals surface area (Å²) < 4.78 is 11.4. The number of hydrogen-bond acceptors (Lipinski definition) is 4. The lowest BCUT2D eigenvalue weighted by Crippen LogP contribution is -2.08. The van der Waals surface area contributed by atoms with Crippen molar-refractivity contribution in [2.45, 2.75) is 72.1 Å². The lowest BCUT2D eigenvalue weighted by molar-refractivity contribution is 0.0734. The van der Waals surface area contributed by atoms with Crippen molar-refractivity contribution in [1.29, 1.82) is 5.26 Å². The number of hydrogen-bond donors (Lipinski definition) is 0. The van der Waals surface area contributed by atoms with Gasteiger partial charge in [-0.2, -0.15) is 5.26 Å². The van der Waals surface area contributed by atoms with Gasteiger partial charge in [0.2, 0.25) is 0 Å². The highest BCUT2D eigenvalue weighted by molar-refractivity contribution is 5.91. The maximum Gasteiger partial charge on any atom is 0.343 e. The van der Waals surface area contributed by atoms with Crippen molar-refractivity contribution in [1.82, 2.24) is 0 Å². The molecule has 0 aromatic heterocycles. The molecule has 1 unspecified atom stereocenters. The molecule has 0 amide bonds. The maximum absolute atomic E-state index is 12.6. The smallest absolute Gasteiger partial charge is 0.343 e. The van der Waals surface area contributed by atoms with Gasteiger partial charge in [0.05, 0.1) is 17.7 Å². The van der Waals surface area contributed by atoms with Crippen LogP contribution in [-0.4, -0.2) is 12.6 Å². The Morgan fingerprint density at radius 1 is 0.865 bits per heavy atom. The average molecular weight is 498 g/mol. The Morgan fingerprint density at radius 3 is 2.22 bits per heavy atom. The van der Waals surface area contributed by atoms with Gasteiger partial charge in [-0.3, -0.25) is 0 Å². The van der Waals surface area contributed by atoms with E-state index in [9.17, 15) is 10.1 Å². The van der Waals surface area contributed by atoms with E-state index in [4.69, 9.17) is 9.47 Å². The fraction of sp³-hybridized carbons (Fsp3) is 0.394. The molecule has 3 aromatic rings. The van der Waals surface area contributed by atoms with Gasteiger partial charge >= 0.3 is 5.97 Å². The molecule has 0 bridgehead atoms. The zero-order valence-electron chi connectivity index (χ0n) is 22.5. The molecular formula is C33H39NO3. The van der Waals surface area contributed by atoms with Crippen molar-refractivity contribution in [3.05, 3.63) is 83.4 Å². The number of carbonyl (C=O) groups is 1. The minimum absolute atomic E-state index is 0.367. The summed E-state index contributed by atoms with van der Waals surface area (Å²) in [6, 6.07) is 22.9. The topological polar surface area (TPSA) is 59.3 Å². The zero-order chi connectivity index (χ0) is 26.5. The Kier molecular flexibility index (Phi) is 11.2. The third-order valence-electron chi connectivity index (χ3n) is 6.73. The number of esters is 1. The van der Waals surface area contributed by atoms with Crippen molar-refractivity contribution in [2.24, 2.45) is 5.92 Å². The number of unbranched alkanes of at least 4 members (excludes halogenated alkanes) is 5. The van der Waals surface area contributed by atoms with Gasteiger partial charge < -0.3 is 9.47 Å². The van der Waals surface area contributed by atoms with E-state index in [1.165, 1.54) is 44.1 Å². The van der Waals surface area contributed by atoms with E-state index in [1.807, 2.05) is 54.6 Å². The lowest BCUT2D eigenvalue weighted by Gasteiger charge is -2.13. The summed E-state index contributed by atoms with van der Waals surface area (Å²) in [4.78, 5) is 12.6. The Bertz CT molecular complexity index is 1160. The van der Waals surface area contributed by atoms with Crippen LogP contribution in [0.2, 0.25) is 0 Å². The first kappa shape index (κ1) is 28.0. The summed E-state index contributed by atoms with van der Waals surface area (Å²) in [7, 11) is 0. The first-order chi connectivity index (χ1) is 18.0. The molecule has 194 valence electrons. The highest BCUT2D eigenvalue weighted by atomic mass is 16.5. The van der Waals surface area contributed by atoms with E-state index in [2.05, 4.69) is 26.8 Å². The summed E-state index contributed by atoms with van der Waals surface area (Å²) in [5.74, 6) is 1.16. The number of nitrogens with zero attached hydrogens (tertiary/aromatic N) is 1. The van der Waals surface area contributed by atoms with Crippen molar-refractivity contribution in [2.75, 3.05) is 6.61 Å². The van der Waals surface area contributed by atoms with E-state index < -0.39 is 0 Å². The van der Waals surface area contributed by atoms with Crippen LogP contribution in [-0.2, 0) is 6.42 Å². The van der Waals surface area contributed by atoms with Crippen LogP contribution in [0.25, 0.3) is 11.1 Å². The van der Waals surface area contributed by atoms with Gasteiger partial charge in [-0.1, -0.05) is 89.6 Å². The number of nitriles is 1.